The molecular weight excluding hydrogens is 554 g/mol. The van der Waals surface area contributed by atoms with Crippen molar-refractivity contribution < 1.29 is 23.5 Å². The van der Waals surface area contributed by atoms with Crippen LogP contribution < -0.4 is 10.7 Å². The smallest absolute Gasteiger partial charge is 0.337 e. The summed E-state index contributed by atoms with van der Waals surface area (Å²) in [6.45, 7) is 5.43. The van der Waals surface area contributed by atoms with Crippen LogP contribution >= 0.6 is 0 Å². The van der Waals surface area contributed by atoms with Crippen molar-refractivity contribution >= 4 is 22.9 Å². The monoisotopic (exact) mass is 595 g/mol. The summed E-state index contributed by atoms with van der Waals surface area (Å²) in [4.78, 5) is 41.9. The molecule has 44 heavy (non-hydrogen) atoms. The number of ether oxygens (including phenoxy) is 2. The Balaban J connectivity index is 1.52. The number of dihydropyridines is 1. The number of allylic oxidation sites excluding steroid dienone is 2. The van der Waals surface area contributed by atoms with Gasteiger partial charge in [0, 0.05) is 28.1 Å². The van der Waals surface area contributed by atoms with E-state index >= 15 is 0 Å². The third-order valence-electron chi connectivity index (χ3n) is 9.37. The van der Waals surface area contributed by atoms with Gasteiger partial charge in [-0.05, 0) is 78.2 Å². The average molecular weight is 596 g/mol. The molecule has 1 N–H and O–H groups in total. The fourth-order valence-corrected chi connectivity index (χ4v) is 7.07. The molecule has 0 atom stereocenters. The van der Waals surface area contributed by atoms with E-state index in [4.69, 9.17) is 13.9 Å². The summed E-state index contributed by atoms with van der Waals surface area (Å²) in [7, 11) is 0. The lowest BCUT2D eigenvalue weighted by atomic mass is 9.79. The molecule has 0 spiro atoms. The highest BCUT2D eigenvalue weighted by molar-refractivity contribution is 6.01. The van der Waals surface area contributed by atoms with Crippen molar-refractivity contribution in [1.29, 1.82) is 0 Å². The minimum Gasteiger partial charge on any atom is -0.459 e. The number of para-hydroxylation sites is 1. The van der Waals surface area contributed by atoms with Gasteiger partial charge in [0.05, 0.1) is 22.5 Å². The standard InChI is InChI=1S/C37H41NO6/c1-22-33(39)29-21-13-20-28(35(29)44-34(22)25-14-7-4-8-15-25)32-30(36(40)42-26-16-9-5-10-17-26)23(2)38-24(3)31(32)37(41)43-27-18-11-6-12-19-27/h4,7-8,13-15,20-21,26-27,32,38H,5-6,9-12,16-19H2,1-3H3. The van der Waals surface area contributed by atoms with Crippen LogP contribution in [0.2, 0.25) is 0 Å². The first kappa shape index (κ1) is 29.9. The summed E-state index contributed by atoms with van der Waals surface area (Å²) < 4.78 is 18.8. The maximum absolute atomic E-state index is 14.1. The fourth-order valence-electron chi connectivity index (χ4n) is 7.07. The Kier molecular flexibility index (Phi) is 8.74. The van der Waals surface area contributed by atoms with Crippen LogP contribution in [0.25, 0.3) is 22.3 Å². The van der Waals surface area contributed by atoms with Gasteiger partial charge in [-0.15, -0.1) is 0 Å². The number of nitrogens with one attached hydrogen (secondary N) is 1. The molecule has 2 heterocycles. The lowest BCUT2D eigenvalue weighted by Crippen LogP contribution is -2.35. The first-order valence-electron chi connectivity index (χ1n) is 16.1. The number of hydrogen-bond donors (Lipinski definition) is 1. The summed E-state index contributed by atoms with van der Waals surface area (Å²) >= 11 is 0. The second kappa shape index (κ2) is 12.8. The molecule has 2 aliphatic carbocycles. The van der Waals surface area contributed by atoms with E-state index in [1.54, 1.807) is 19.1 Å². The van der Waals surface area contributed by atoms with Gasteiger partial charge in [0.2, 0.25) is 0 Å². The Morgan fingerprint density at radius 1 is 0.727 bits per heavy atom. The van der Waals surface area contributed by atoms with Crippen LogP contribution in [0.15, 0.2) is 80.3 Å². The fraction of sp³-hybridized carbons (Fsp3) is 0.432. The Morgan fingerprint density at radius 3 is 1.82 bits per heavy atom. The van der Waals surface area contributed by atoms with E-state index < -0.39 is 17.9 Å². The lowest BCUT2D eigenvalue weighted by molar-refractivity contribution is -0.146. The molecule has 2 aromatic carbocycles. The molecular formula is C37H41NO6. The third kappa shape index (κ3) is 5.84. The van der Waals surface area contributed by atoms with Crippen LogP contribution in [0.1, 0.15) is 95.1 Å². The Hall–Kier alpha value is -4.13. The molecule has 0 radical (unpaired) electrons. The number of carbonyl (C=O) groups excluding carboxylic acids is 2. The van der Waals surface area contributed by atoms with Crippen molar-refractivity contribution in [3.8, 4) is 11.3 Å². The van der Waals surface area contributed by atoms with Crippen molar-refractivity contribution in [2.45, 2.75) is 103 Å². The van der Waals surface area contributed by atoms with Gasteiger partial charge in [0.15, 0.2) is 5.43 Å². The normalized spacial score (nSPS) is 18.8. The van der Waals surface area contributed by atoms with Crippen LogP contribution in [0.5, 0.6) is 0 Å². The molecule has 3 aromatic rings. The molecule has 1 aliphatic heterocycles. The van der Waals surface area contributed by atoms with Crippen LogP contribution in [-0.2, 0) is 19.1 Å². The highest BCUT2D eigenvalue weighted by Gasteiger charge is 2.41. The van der Waals surface area contributed by atoms with Gasteiger partial charge in [0.25, 0.3) is 0 Å². The second-order valence-electron chi connectivity index (χ2n) is 12.4. The lowest BCUT2D eigenvalue weighted by Gasteiger charge is -2.33. The van der Waals surface area contributed by atoms with Crippen molar-refractivity contribution in [2.24, 2.45) is 0 Å². The van der Waals surface area contributed by atoms with Crippen LogP contribution in [0, 0.1) is 6.92 Å². The Bertz CT molecular complexity index is 1630. The molecule has 0 unspecified atom stereocenters. The molecule has 2 saturated carbocycles. The van der Waals surface area contributed by atoms with Gasteiger partial charge in [-0.1, -0.05) is 55.3 Å². The van der Waals surface area contributed by atoms with Crippen molar-refractivity contribution in [1.82, 2.24) is 5.32 Å². The van der Waals surface area contributed by atoms with Crippen LogP contribution in [0.3, 0.4) is 0 Å². The van der Waals surface area contributed by atoms with E-state index in [1.165, 1.54) is 0 Å². The summed E-state index contributed by atoms with van der Waals surface area (Å²) in [5, 5.41) is 3.68. The Morgan fingerprint density at radius 2 is 1.27 bits per heavy atom. The first-order chi connectivity index (χ1) is 21.3. The maximum atomic E-state index is 14.1. The minimum atomic E-state index is -0.846. The topological polar surface area (TPSA) is 94.8 Å². The van der Waals surface area contributed by atoms with Gasteiger partial charge in [0.1, 0.15) is 23.6 Å². The van der Waals surface area contributed by atoms with Gasteiger partial charge in [-0.2, -0.15) is 0 Å². The summed E-state index contributed by atoms with van der Waals surface area (Å²) in [6.07, 6.45) is 9.31. The summed E-state index contributed by atoms with van der Waals surface area (Å²) in [6, 6.07) is 14.9. The number of hydrogen-bond acceptors (Lipinski definition) is 7. The number of esters is 2. The largest absolute Gasteiger partial charge is 0.459 e. The number of benzene rings is 2. The zero-order valence-electron chi connectivity index (χ0n) is 25.9. The van der Waals surface area contributed by atoms with Gasteiger partial charge >= 0.3 is 11.9 Å². The van der Waals surface area contributed by atoms with Gasteiger partial charge < -0.3 is 19.2 Å². The molecule has 0 saturated heterocycles. The van der Waals surface area contributed by atoms with Crippen molar-refractivity contribution in [3.63, 3.8) is 0 Å². The SMILES string of the molecule is CC1=C(C(=O)OC2CCCCC2)C(c2cccc3c(=O)c(C)c(-c4ccccc4)oc23)C(C(=O)OC2CCCCC2)=C(C)N1. The van der Waals surface area contributed by atoms with E-state index in [0.29, 0.717) is 50.4 Å². The predicted octanol–water partition coefficient (Wildman–Crippen LogP) is 7.76. The average Bonchev–Trinajstić information content (AvgIpc) is 3.03. The van der Waals surface area contributed by atoms with Gasteiger partial charge in [-0.3, -0.25) is 4.79 Å². The Labute approximate surface area is 258 Å². The summed E-state index contributed by atoms with van der Waals surface area (Å²) in [5.74, 6) is -1.31. The molecule has 7 heteroatoms. The van der Waals surface area contributed by atoms with Gasteiger partial charge in [-0.25, -0.2) is 9.59 Å². The molecule has 2 fully saturated rings. The van der Waals surface area contributed by atoms with E-state index in [1.807, 2.05) is 50.2 Å². The van der Waals surface area contributed by atoms with E-state index in [2.05, 4.69) is 5.32 Å². The quantitative estimate of drug-likeness (QED) is 0.291. The van der Waals surface area contributed by atoms with Crippen molar-refractivity contribution in [2.75, 3.05) is 0 Å². The second-order valence-corrected chi connectivity index (χ2v) is 12.4. The molecule has 0 amide bonds. The minimum absolute atomic E-state index is 0.153. The zero-order chi connectivity index (χ0) is 30.8. The molecule has 0 bridgehead atoms. The molecule has 1 aromatic heterocycles. The highest BCUT2D eigenvalue weighted by Crippen LogP contribution is 2.43. The van der Waals surface area contributed by atoms with Crippen LogP contribution in [-0.4, -0.2) is 24.1 Å². The molecule has 230 valence electrons. The number of carbonyl (C=O) groups is 2. The molecule has 3 aliphatic rings. The highest BCUT2D eigenvalue weighted by atomic mass is 16.5. The number of fused-ring (bicyclic) bond motifs is 1. The third-order valence-corrected chi connectivity index (χ3v) is 9.37. The molecule has 6 rings (SSSR count). The first-order valence-corrected chi connectivity index (χ1v) is 16.1. The molecule has 7 nitrogen and oxygen atoms in total. The number of rotatable bonds is 6. The predicted molar refractivity (Wildman–Crippen MR) is 170 cm³/mol. The van der Waals surface area contributed by atoms with E-state index in [0.717, 1.165) is 69.8 Å². The van der Waals surface area contributed by atoms with E-state index in [9.17, 15) is 14.4 Å². The maximum Gasteiger partial charge on any atom is 0.337 e. The zero-order valence-corrected chi connectivity index (χ0v) is 25.9. The van der Waals surface area contributed by atoms with Crippen LogP contribution in [0.4, 0.5) is 0 Å². The van der Waals surface area contributed by atoms with Crippen molar-refractivity contribution in [3.05, 3.63) is 92.4 Å². The summed E-state index contributed by atoms with van der Waals surface area (Å²) in [5.41, 5.74) is 3.93. The van der Waals surface area contributed by atoms with E-state index in [-0.39, 0.29) is 17.6 Å².